The first-order valence-corrected chi connectivity index (χ1v) is 10.2. The predicted octanol–water partition coefficient (Wildman–Crippen LogP) is 3.97. The molecule has 3 aromatic heterocycles. The van der Waals surface area contributed by atoms with Crippen molar-refractivity contribution in [3.63, 3.8) is 0 Å². The number of aromatic nitrogens is 4. The molecule has 1 fully saturated rings. The summed E-state index contributed by atoms with van der Waals surface area (Å²) in [7, 11) is 0. The number of likely N-dealkylation sites (tertiary alicyclic amines) is 1. The molecule has 1 saturated heterocycles. The zero-order valence-corrected chi connectivity index (χ0v) is 17.0. The quantitative estimate of drug-likeness (QED) is 0.721. The number of carbonyl (C=O) groups excluding carboxylic acids is 1. The Hall–Kier alpha value is -2.87. The van der Waals surface area contributed by atoms with Crippen LogP contribution in [0.2, 0.25) is 0 Å². The van der Waals surface area contributed by atoms with Crippen molar-refractivity contribution in [2.45, 2.75) is 39.7 Å². The molecule has 8 heteroatoms. The first-order valence-electron chi connectivity index (χ1n) is 9.28. The van der Waals surface area contributed by atoms with E-state index >= 15 is 0 Å². The number of nitrogens with zero attached hydrogens (tertiary/aromatic N) is 5. The Morgan fingerprint density at radius 2 is 1.96 bits per heavy atom. The van der Waals surface area contributed by atoms with Crippen molar-refractivity contribution in [2.24, 2.45) is 0 Å². The highest BCUT2D eigenvalue weighted by Gasteiger charge is 2.33. The first kappa shape index (κ1) is 18.5. The molecule has 0 spiro atoms. The Morgan fingerprint density at radius 3 is 2.68 bits per heavy atom. The number of hydrogen-bond donors (Lipinski definition) is 1. The summed E-state index contributed by atoms with van der Waals surface area (Å²) < 4.78 is 0. The Balaban J connectivity index is 1.58. The maximum atomic E-state index is 13.0. The summed E-state index contributed by atoms with van der Waals surface area (Å²) in [6, 6.07) is 7.71. The molecular formula is C20H22N6OS. The highest BCUT2D eigenvalue weighted by Crippen LogP contribution is 2.33. The SMILES string of the molecule is Cc1cc(C)nc(Nc2cccc([C@H]3CCCN3C(=O)c3scnc3C)n2)n1. The molecule has 28 heavy (non-hydrogen) atoms. The van der Waals surface area contributed by atoms with Crippen molar-refractivity contribution >= 4 is 29.0 Å². The molecule has 0 saturated carbocycles. The van der Waals surface area contributed by atoms with Gasteiger partial charge in [0.05, 0.1) is 22.9 Å². The average molecular weight is 395 g/mol. The Labute approximate surface area is 167 Å². The summed E-state index contributed by atoms with van der Waals surface area (Å²) in [5, 5.41) is 3.19. The van der Waals surface area contributed by atoms with Gasteiger partial charge in [-0.05, 0) is 51.8 Å². The van der Waals surface area contributed by atoms with Crippen molar-refractivity contribution < 1.29 is 4.79 Å². The van der Waals surface area contributed by atoms with Gasteiger partial charge in [-0.15, -0.1) is 11.3 Å². The predicted molar refractivity (Wildman–Crippen MR) is 109 cm³/mol. The highest BCUT2D eigenvalue weighted by atomic mass is 32.1. The maximum absolute atomic E-state index is 13.0. The van der Waals surface area contributed by atoms with E-state index in [0.717, 1.165) is 42.2 Å². The summed E-state index contributed by atoms with van der Waals surface area (Å²) in [6.45, 7) is 6.49. The number of nitrogens with one attached hydrogen (secondary N) is 1. The van der Waals surface area contributed by atoms with E-state index in [1.54, 1.807) is 5.51 Å². The Bertz CT molecular complexity index is 997. The van der Waals surface area contributed by atoms with Crippen LogP contribution in [0, 0.1) is 20.8 Å². The fraction of sp³-hybridized carbons (Fsp3) is 0.350. The van der Waals surface area contributed by atoms with Gasteiger partial charge in [0.2, 0.25) is 5.95 Å². The van der Waals surface area contributed by atoms with Gasteiger partial charge in [0.15, 0.2) is 0 Å². The van der Waals surface area contributed by atoms with Crippen molar-refractivity contribution in [3.8, 4) is 0 Å². The maximum Gasteiger partial charge on any atom is 0.266 e. The zero-order chi connectivity index (χ0) is 19.7. The molecule has 0 bridgehead atoms. The fourth-order valence-electron chi connectivity index (χ4n) is 3.56. The average Bonchev–Trinajstić information content (AvgIpc) is 3.29. The van der Waals surface area contributed by atoms with Gasteiger partial charge in [-0.1, -0.05) is 6.07 Å². The third-order valence-corrected chi connectivity index (χ3v) is 5.70. The molecule has 0 unspecified atom stereocenters. The normalized spacial score (nSPS) is 16.4. The Morgan fingerprint density at radius 1 is 1.18 bits per heavy atom. The number of carbonyl (C=O) groups is 1. The molecule has 1 atom stereocenters. The zero-order valence-electron chi connectivity index (χ0n) is 16.1. The van der Waals surface area contributed by atoms with Crippen LogP contribution in [0.25, 0.3) is 0 Å². The second kappa shape index (κ2) is 7.63. The Kier molecular flexibility index (Phi) is 5.04. The fourth-order valence-corrected chi connectivity index (χ4v) is 4.32. The van der Waals surface area contributed by atoms with E-state index in [4.69, 9.17) is 4.98 Å². The van der Waals surface area contributed by atoms with E-state index in [1.807, 2.05) is 49.9 Å². The van der Waals surface area contributed by atoms with Crippen molar-refractivity contribution in [1.29, 1.82) is 0 Å². The molecule has 7 nitrogen and oxygen atoms in total. The lowest BCUT2D eigenvalue weighted by atomic mass is 10.1. The third kappa shape index (κ3) is 3.73. The lowest BCUT2D eigenvalue weighted by molar-refractivity contribution is 0.0737. The minimum absolute atomic E-state index is 0.0316. The van der Waals surface area contributed by atoms with Crippen LogP contribution >= 0.6 is 11.3 Å². The molecular weight excluding hydrogens is 372 g/mol. The number of hydrogen-bond acceptors (Lipinski definition) is 7. The topological polar surface area (TPSA) is 83.9 Å². The number of pyridine rings is 1. The van der Waals surface area contributed by atoms with E-state index in [1.165, 1.54) is 11.3 Å². The molecule has 1 amide bonds. The first-order chi connectivity index (χ1) is 13.5. The van der Waals surface area contributed by atoms with Gasteiger partial charge in [-0.25, -0.2) is 19.9 Å². The lowest BCUT2D eigenvalue weighted by Crippen LogP contribution is -2.31. The standard InChI is InChI=1S/C20H22N6OS/c1-12-10-13(2)23-20(22-12)25-17-8-4-6-15(24-17)16-7-5-9-26(16)19(27)18-14(3)21-11-28-18/h4,6,8,10-11,16H,5,7,9H2,1-3H3,(H,22,23,24,25)/t16-/m1/s1. The summed E-state index contributed by atoms with van der Waals surface area (Å²) >= 11 is 1.40. The molecule has 4 heterocycles. The third-order valence-electron chi connectivity index (χ3n) is 4.79. The molecule has 1 aliphatic rings. The largest absolute Gasteiger partial charge is 0.329 e. The van der Waals surface area contributed by atoms with Crippen LogP contribution in [0.3, 0.4) is 0 Å². The minimum atomic E-state index is -0.0316. The lowest BCUT2D eigenvalue weighted by Gasteiger charge is -2.24. The van der Waals surface area contributed by atoms with Crippen LogP contribution in [-0.2, 0) is 0 Å². The van der Waals surface area contributed by atoms with Gasteiger partial charge >= 0.3 is 0 Å². The molecule has 144 valence electrons. The van der Waals surface area contributed by atoms with Crippen LogP contribution in [0.4, 0.5) is 11.8 Å². The van der Waals surface area contributed by atoms with Crippen LogP contribution in [0.5, 0.6) is 0 Å². The molecule has 4 rings (SSSR count). The number of amides is 1. The summed E-state index contributed by atoms with van der Waals surface area (Å²) in [5.74, 6) is 1.25. The van der Waals surface area contributed by atoms with Crippen LogP contribution in [0.1, 0.15) is 51.3 Å². The van der Waals surface area contributed by atoms with E-state index in [9.17, 15) is 4.79 Å². The van der Waals surface area contributed by atoms with Crippen LogP contribution in [0.15, 0.2) is 29.8 Å². The van der Waals surface area contributed by atoms with Gasteiger partial charge in [-0.3, -0.25) is 4.79 Å². The van der Waals surface area contributed by atoms with Crippen LogP contribution < -0.4 is 5.32 Å². The van der Waals surface area contributed by atoms with E-state index in [2.05, 4.69) is 20.3 Å². The summed E-state index contributed by atoms with van der Waals surface area (Å²) in [4.78, 5) is 33.4. The van der Waals surface area contributed by atoms with Gasteiger partial charge in [0.25, 0.3) is 5.91 Å². The van der Waals surface area contributed by atoms with Crippen molar-refractivity contribution in [1.82, 2.24) is 24.8 Å². The number of anilines is 2. The number of thiazole rings is 1. The highest BCUT2D eigenvalue weighted by molar-refractivity contribution is 7.11. The van der Waals surface area contributed by atoms with Crippen molar-refractivity contribution in [3.05, 3.63) is 57.4 Å². The molecule has 1 N–H and O–H groups in total. The van der Waals surface area contributed by atoms with Crippen LogP contribution in [-0.4, -0.2) is 37.3 Å². The number of aryl methyl sites for hydroxylation is 3. The monoisotopic (exact) mass is 394 g/mol. The van der Waals surface area contributed by atoms with E-state index in [-0.39, 0.29) is 11.9 Å². The molecule has 0 aliphatic carbocycles. The molecule has 3 aromatic rings. The summed E-state index contributed by atoms with van der Waals surface area (Å²) in [5.41, 5.74) is 5.19. The van der Waals surface area contributed by atoms with Gasteiger partial charge in [-0.2, -0.15) is 0 Å². The molecule has 0 radical (unpaired) electrons. The van der Waals surface area contributed by atoms with Crippen molar-refractivity contribution in [2.75, 3.05) is 11.9 Å². The molecule has 0 aromatic carbocycles. The molecule has 1 aliphatic heterocycles. The number of rotatable bonds is 4. The second-order valence-corrected chi connectivity index (χ2v) is 7.83. The minimum Gasteiger partial charge on any atom is -0.329 e. The van der Waals surface area contributed by atoms with Gasteiger partial charge in [0, 0.05) is 17.9 Å². The smallest absolute Gasteiger partial charge is 0.266 e. The second-order valence-electron chi connectivity index (χ2n) is 6.97. The van der Waals surface area contributed by atoms with Gasteiger partial charge in [0.1, 0.15) is 10.7 Å². The van der Waals surface area contributed by atoms with E-state index in [0.29, 0.717) is 16.6 Å². The summed E-state index contributed by atoms with van der Waals surface area (Å²) in [6.07, 6.45) is 1.87. The van der Waals surface area contributed by atoms with Gasteiger partial charge < -0.3 is 10.2 Å². The van der Waals surface area contributed by atoms with E-state index < -0.39 is 0 Å².